The van der Waals surface area contributed by atoms with Gasteiger partial charge in [0.1, 0.15) is 0 Å². The van der Waals surface area contributed by atoms with Crippen molar-refractivity contribution in [3.05, 3.63) is 29.3 Å². The Bertz CT molecular complexity index is 590. The van der Waals surface area contributed by atoms with E-state index in [0.717, 1.165) is 36.8 Å². The molecule has 1 saturated carbocycles. The molecule has 0 atom stereocenters. The monoisotopic (exact) mass is 310 g/mol. The average Bonchev–Trinajstić information content (AvgIpc) is 2.47. The fourth-order valence-electron chi connectivity index (χ4n) is 3.00. The molecule has 21 heavy (non-hydrogen) atoms. The standard InChI is InChI=1S/C16H26N2O2S/c1-12-4-7-15(8-5-12)18(3)21(19,20)16-9-6-13(2)14(10-16)11-17/h6,9-10,12,15H,4-5,7-8,11,17H2,1-3H3. The van der Waals surface area contributed by atoms with Gasteiger partial charge in [0.05, 0.1) is 4.90 Å². The molecule has 0 spiro atoms. The molecule has 5 heteroatoms. The van der Waals surface area contributed by atoms with Crippen molar-refractivity contribution in [3.8, 4) is 0 Å². The minimum atomic E-state index is -3.43. The lowest BCUT2D eigenvalue weighted by Crippen LogP contribution is -2.39. The summed E-state index contributed by atoms with van der Waals surface area (Å²) in [7, 11) is -1.72. The van der Waals surface area contributed by atoms with Crippen LogP contribution in [0.15, 0.2) is 23.1 Å². The van der Waals surface area contributed by atoms with E-state index in [0.29, 0.717) is 17.4 Å². The molecule has 0 radical (unpaired) electrons. The number of benzene rings is 1. The largest absolute Gasteiger partial charge is 0.326 e. The topological polar surface area (TPSA) is 63.4 Å². The van der Waals surface area contributed by atoms with Gasteiger partial charge in [0.15, 0.2) is 0 Å². The second-order valence-corrected chi connectivity index (χ2v) is 8.22. The molecule has 2 N–H and O–H groups in total. The summed E-state index contributed by atoms with van der Waals surface area (Å²) in [6.07, 6.45) is 4.11. The maximum Gasteiger partial charge on any atom is 0.243 e. The van der Waals surface area contributed by atoms with Crippen LogP contribution in [-0.4, -0.2) is 25.8 Å². The number of nitrogens with two attached hydrogens (primary N) is 1. The molecule has 0 aromatic heterocycles. The van der Waals surface area contributed by atoms with E-state index in [-0.39, 0.29) is 6.04 Å². The first-order chi connectivity index (χ1) is 9.86. The highest BCUT2D eigenvalue weighted by atomic mass is 32.2. The number of nitrogens with zero attached hydrogens (tertiary/aromatic N) is 1. The second-order valence-electron chi connectivity index (χ2n) is 6.23. The maximum atomic E-state index is 12.8. The van der Waals surface area contributed by atoms with Crippen molar-refractivity contribution >= 4 is 10.0 Å². The van der Waals surface area contributed by atoms with Gasteiger partial charge in [0, 0.05) is 19.6 Å². The molecule has 0 aliphatic heterocycles. The van der Waals surface area contributed by atoms with E-state index < -0.39 is 10.0 Å². The Morgan fingerprint density at radius 2 is 1.86 bits per heavy atom. The molecular formula is C16H26N2O2S. The molecule has 4 nitrogen and oxygen atoms in total. The van der Waals surface area contributed by atoms with E-state index in [1.54, 1.807) is 23.5 Å². The molecule has 0 saturated heterocycles. The molecule has 2 rings (SSSR count). The van der Waals surface area contributed by atoms with E-state index in [4.69, 9.17) is 5.73 Å². The van der Waals surface area contributed by atoms with Crippen LogP contribution in [0.5, 0.6) is 0 Å². The zero-order valence-electron chi connectivity index (χ0n) is 13.2. The fourth-order valence-corrected chi connectivity index (χ4v) is 4.46. The third-order valence-corrected chi connectivity index (χ3v) is 6.62. The van der Waals surface area contributed by atoms with Gasteiger partial charge in [-0.1, -0.05) is 13.0 Å². The predicted octanol–water partition coefficient (Wildman–Crippen LogP) is 2.65. The number of hydrogen-bond acceptors (Lipinski definition) is 3. The Morgan fingerprint density at radius 1 is 1.24 bits per heavy atom. The smallest absolute Gasteiger partial charge is 0.243 e. The van der Waals surface area contributed by atoms with Gasteiger partial charge in [-0.2, -0.15) is 4.31 Å². The van der Waals surface area contributed by atoms with E-state index >= 15 is 0 Å². The van der Waals surface area contributed by atoms with Crippen molar-refractivity contribution in [2.24, 2.45) is 11.7 Å². The van der Waals surface area contributed by atoms with Crippen molar-refractivity contribution in [1.29, 1.82) is 0 Å². The van der Waals surface area contributed by atoms with Crippen LogP contribution in [0.25, 0.3) is 0 Å². The van der Waals surface area contributed by atoms with Crippen LogP contribution in [0.3, 0.4) is 0 Å². The van der Waals surface area contributed by atoms with Crippen LogP contribution >= 0.6 is 0 Å². The summed E-state index contributed by atoms with van der Waals surface area (Å²) in [6.45, 7) is 4.54. The summed E-state index contributed by atoms with van der Waals surface area (Å²) in [6, 6.07) is 5.36. The van der Waals surface area contributed by atoms with Crippen molar-refractivity contribution in [1.82, 2.24) is 4.31 Å². The van der Waals surface area contributed by atoms with Crippen molar-refractivity contribution in [3.63, 3.8) is 0 Å². The molecule has 0 amide bonds. The summed E-state index contributed by atoms with van der Waals surface area (Å²) in [4.78, 5) is 0.356. The van der Waals surface area contributed by atoms with Gasteiger partial charge in [-0.15, -0.1) is 0 Å². The third kappa shape index (κ3) is 3.47. The minimum absolute atomic E-state index is 0.119. The number of hydrogen-bond donors (Lipinski definition) is 1. The Balaban J connectivity index is 2.24. The Labute approximate surface area is 128 Å². The van der Waals surface area contributed by atoms with E-state index in [1.165, 1.54) is 0 Å². The Kier molecular flexibility index (Phi) is 5.07. The van der Waals surface area contributed by atoms with Gasteiger partial charge in [0.2, 0.25) is 10.0 Å². The third-order valence-electron chi connectivity index (χ3n) is 4.72. The normalized spacial score (nSPS) is 23.5. The molecule has 0 unspecified atom stereocenters. The average molecular weight is 310 g/mol. The first-order valence-corrected chi connectivity index (χ1v) is 9.08. The molecule has 1 aliphatic rings. The zero-order valence-corrected chi connectivity index (χ0v) is 14.0. The zero-order chi connectivity index (χ0) is 15.6. The van der Waals surface area contributed by atoms with Gasteiger partial charge < -0.3 is 5.73 Å². The van der Waals surface area contributed by atoms with Crippen LogP contribution in [0, 0.1) is 12.8 Å². The van der Waals surface area contributed by atoms with E-state index in [9.17, 15) is 8.42 Å². The van der Waals surface area contributed by atoms with Crippen molar-refractivity contribution in [2.45, 2.75) is 57.0 Å². The summed E-state index contributed by atoms with van der Waals surface area (Å²) in [5, 5.41) is 0. The van der Waals surface area contributed by atoms with Crippen LogP contribution < -0.4 is 5.73 Å². The van der Waals surface area contributed by atoms with Gasteiger partial charge in [-0.3, -0.25) is 0 Å². The highest BCUT2D eigenvalue weighted by Gasteiger charge is 2.30. The van der Waals surface area contributed by atoms with Crippen LogP contribution in [0.4, 0.5) is 0 Å². The summed E-state index contributed by atoms with van der Waals surface area (Å²) in [5.74, 6) is 0.709. The first kappa shape index (κ1) is 16.5. The van der Waals surface area contributed by atoms with E-state index in [1.807, 2.05) is 13.0 Å². The quantitative estimate of drug-likeness (QED) is 0.930. The lowest BCUT2D eigenvalue weighted by Gasteiger charge is -2.33. The van der Waals surface area contributed by atoms with Gasteiger partial charge >= 0.3 is 0 Å². The van der Waals surface area contributed by atoms with Crippen molar-refractivity contribution < 1.29 is 8.42 Å². The van der Waals surface area contributed by atoms with Crippen LogP contribution in [-0.2, 0) is 16.6 Å². The lowest BCUT2D eigenvalue weighted by molar-refractivity contribution is 0.246. The molecule has 1 fully saturated rings. The number of aryl methyl sites for hydroxylation is 1. The molecule has 0 heterocycles. The fraction of sp³-hybridized carbons (Fsp3) is 0.625. The lowest BCUT2D eigenvalue weighted by atomic mass is 9.87. The predicted molar refractivity (Wildman–Crippen MR) is 85.4 cm³/mol. The molecule has 1 aromatic carbocycles. The summed E-state index contributed by atoms with van der Waals surface area (Å²) >= 11 is 0. The van der Waals surface area contributed by atoms with Gasteiger partial charge in [0.25, 0.3) is 0 Å². The van der Waals surface area contributed by atoms with Crippen LogP contribution in [0.1, 0.15) is 43.7 Å². The number of sulfonamides is 1. The van der Waals surface area contributed by atoms with Gasteiger partial charge in [-0.05, 0) is 61.8 Å². The van der Waals surface area contributed by atoms with Crippen LogP contribution in [0.2, 0.25) is 0 Å². The highest BCUT2D eigenvalue weighted by molar-refractivity contribution is 7.89. The Hall–Kier alpha value is -0.910. The molecule has 1 aliphatic carbocycles. The minimum Gasteiger partial charge on any atom is -0.326 e. The maximum absolute atomic E-state index is 12.8. The van der Waals surface area contributed by atoms with E-state index in [2.05, 4.69) is 6.92 Å². The summed E-state index contributed by atoms with van der Waals surface area (Å²) < 4.78 is 27.1. The molecule has 1 aromatic rings. The molecule has 118 valence electrons. The Morgan fingerprint density at radius 3 is 2.43 bits per heavy atom. The molecule has 0 bridgehead atoms. The SMILES string of the molecule is Cc1ccc(S(=O)(=O)N(C)C2CCC(C)CC2)cc1CN. The number of rotatable bonds is 4. The molecular weight excluding hydrogens is 284 g/mol. The summed E-state index contributed by atoms with van der Waals surface area (Å²) in [5.41, 5.74) is 7.61. The second kappa shape index (κ2) is 6.46. The van der Waals surface area contributed by atoms with Gasteiger partial charge in [-0.25, -0.2) is 8.42 Å². The first-order valence-electron chi connectivity index (χ1n) is 7.64. The van der Waals surface area contributed by atoms with Crippen molar-refractivity contribution in [2.75, 3.05) is 7.05 Å². The highest BCUT2D eigenvalue weighted by Crippen LogP contribution is 2.30.